The monoisotopic (exact) mass is 293 g/mol. The molecule has 0 aliphatic heterocycles. The highest BCUT2D eigenvalue weighted by Crippen LogP contribution is 2.15. The number of hydrogen-bond acceptors (Lipinski definition) is 1. The highest BCUT2D eigenvalue weighted by atomic mass is 35.5. The lowest BCUT2D eigenvalue weighted by Crippen LogP contribution is -3.00. The minimum Gasteiger partial charge on any atom is -1.00 e. The van der Waals surface area contributed by atoms with Gasteiger partial charge in [-0.05, 0) is 32.1 Å². The lowest BCUT2D eigenvalue weighted by molar-refractivity contribution is -0.945. The van der Waals surface area contributed by atoms with Crippen molar-refractivity contribution in [2.45, 2.75) is 78.6 Å². The van der Waals surface area contributed by atoms with Gasteiger partial charge in [0.15, 0.2) is 6.73 Å². The van der Waals surface area contributed by atoms with E-state index in [0.29, 0.717) is 6.73 Å². The Hall–Kier alpha value is 0.210. The maximum atomic E-state index is 9.83. The third-order valence-electron chi connectivity index (χ3n) is 4.01. The molecule has 1 N–H and O–H groups in total. The van der Waals surface area contributed by atoms with E-state index >= 15 is 0 Å². The molecular weight excluding hydrogens is 258 g/mol. The van der Waals surface area contributed by atoms with Crippen LogP contribution in [0.2, 0.25) is 0 Å². The Morgan fingerprint density at radius 1 is 0.632 bits per heavy atom. The summed E-state index contributed by atoms with van der Waals surface area (Å²) in [7, 11) is 0. The van der Waals surface area contributed by atoms with Crippen LogP contribution in [0, 0.1) is 0 Å². The molecule has 0 spiro atoms. The number of hydrogen-bond donors (Lipinski definition) is 1. The Morgan fingerprint density at radius 2 is 1.05 bits per heavy atom. The fourth-order valence-corrected chi connectivity index (χ4v) is 2.61. The highest BCUT2D eigenvalue weighted by Gasteiger charge is 2.24. The van der Waals surface area contributed by atoms with Crippen LogP contribution in [0.25, 0.3) is 0 Å². The number of aliphatic hydroxyl groups excluding tert-OH is 1. The zero-order valence-electron chi connectivity index (χ0n) is 13.5. The quantitative estimate of drug-likeness (QED) is 0.309. The molecule has 0 radical (unpaired) electrons. The SMILES string of the molecule is CCCCCC[N+](CO)(CCCC)CCCCC.[Cl-]. The summed E-state index contributed by atoms with van der Waals surface area (Å²) >= 11 is 0. The minimum absolute atomic E-state index is 0. The van der Waals surface area contributed by atoms with Gasteiger partial charge in [0.25, 0.3) is 0 Å². The first-order chi connectivity index (χ1) is 8.74. The molecule has 19 heavy (non-hydrogen) atoms. The number of unbranched alkanes of at least 4 members (excludes halogenated alkanes) is 6. The number of rotatable bonds is 13. The van der Waals surface area contributed by atoms with Gasteiger partial charge in [-0.25, -0.2) is 0 Å². The van der Waals surface area contributed by atoms with E-state index in [1.807, 2.05) is 0 Å². The second kappa shape index (κ2) is 14.6. The van der Waals surface area contributed by atoms with E-state index in [4.69, 9.17) is 0 Å². The molecular formula is C16H36ClNO. The lowest BCUT2D eigenvalue weighted by atomic mass is 10.1. The van der Waals surface area contributed by atoms with E-state index in [0.717, 1.165) is 4.48 Å². The maximum Gasteiger partial charge on any atom is 0.180 e. The molecule has 0 heterocycles. The van der Waals surface area contributed by atoms with Gasteiger partial charge >= 0.3 is 0 Å². The van der Waals surface area contributed by atoms with Gasteiger partial charge in [-0.3, -0.25) is 0 Å². The smallest absolute Gasteiger partial charge is 0.180 e. The van der Waals surface area contributed by atoms with E-state index in [-0.39, 0.29) is 12.4 Å². The molecule has 118 valence electrons. The Labute approximate surface area is 127 Å². The van der Waals surface area contributed by atoms with E-state index in [2.05, 4.69) is 20.8 Å². The van der Waals surface area contributed by atoms with Gasteiger partial charge in [0.05, 0.1) is 19.6 Å². The van der Waals surface area contributed by atoms with Crippen molar-refractivity contribution in [1.29, 1.82) is 0 Å². The van der Waals surface area contributed by atoms with Gasteiger partial charge < -0.3 is 22.0 Å². The molecule has 2 nitrogen and oxygen atoms in total. The molecule has 0 fully saturated rings. The second-order valence-corrected chi connectivity index (χ2v) is 5.78. The zero-order chi connectivity index (χ0) is 13.7. The van der Waals surface area contributed by atoms with Crippen molar-refractivity contribution in [1.82, 2.24) is 0 Å². The summed E-state index contributed by atoms with van der Waals surface area (Å²) in [5, 5.41) is 9.83. The van der Waals surface area contributed by atoms with E-state index < -0.39 is 0 Å². The van der Waals surface area contributed by atoms with Crippen molar-refractivity contribution in [3.8, 4) is 0 Å². The molecule has 1 atom stereocenters. The van der Waals surface area contributed by atoms with Gasteiger partial charge in [0.2, 0.25) is 0 Å². The molecule has 0 aliphatic rings. The van der Waals surface area contributed by atoms with Gasteiger partial charge in [-0.15, -0.1) is 0 Å². The summed E-state index contributed by atoms with van der Waals surface area (Å²) in [6.45, 7) is 10.6. The molecule has 0 aliphatic carbocycles. The standard InChI is InChI=1S/C16H36NO.ClH/c1-4-7-10-12-15-17(16-18,13-9-6-3)14-11-8-5-2;/h18H,4-16H2,1-3H3;1H/q+1;/p-1. The third-order valence-corrected chi connectivity index (χ3v) is 4.01. The first kappa shape index (κ1) is 21.5. The summed E-state index contributed by atoms with van der Waals surface area (Å²) in [5.74, 6) is 0. The fraction of sp³-hybridized carbons (Fsp3) is 1.00. The summed E-state index contributed by atoms with van der Waals surface area (Å²) in [5.41, 5.74) is 0. The van der Waals surface area contributed by atoms with Gasteiger partial charge in [-0.1, -0.05) is 46.5 Å². The van der Waals surface area contributed by atoms with Gasteiger partial charge in [-0.2, -0.15) is 0 Å². The lowest BCUT2D eigenvalue weighted by Gasteiger charge is -2.37. The molecule has 0 saturated heterocycles. The van der Waals surface area contributed by atoms with Gasteiger partial charge in [0, 0.05) is 0 Å². The van der Waals surface area contributed by atoms with Crippen molar-refractivity contribution in [3.05, 3.63) is 0 Å². The van der Waals surface area contributed by atoms with Crippen LogP contribution >= 0.6 is 0 Å². The molecule has 0 bridgehead atoms. The predicted octanol–water partition coefficient (Wildman–Crippen LogP) is 1.33. The summed E-state index contributed by atoms with van der Waals surface area (Å²) in [6, 6.07) is 0. The van der Waals surface area contributed by atoms with Crippen LogP contribution in [0.15, 0.2) is 0 Å². The van der Waals surface area contributed by atoms with Crippen molar-refractivity contribution < 1.29 is 22.0 Å². The van der Waals surface area contributed by atoms with Crippen LogP contribution in [0.3, 0.4) is 0 Å². The summed E-state index contributed by atoms with van der Waals surface area (Å²) in [4.78, 5) is 0. The average Bonchev–Trinajstić information content (AvgIpc) is 2.40. The van der Waals surface area contributed by atoms with Crippen molar-refractivity contribution in [2.24, 2.45) is 0 Å². The molecule has 0 aromatic heterocycles. The molecule has 0 amide bonds. The Balaban J connectivity index is 0. The summed E-state index contributed by atoms with van der Waals surface area (Å²) < 4.78 is 0.956. The van der Waals surface area contributed by atoms with Crippen molar-refractivity contribution in [2.75, 3.05) is 26.4 Å². The van der Waals surface area contributed by atoms with Crippen LogP contribution in [0.1, 0.15) is 78.6 Å². The summed E-state index contributed by atoms with van der Waals surface area (Å²) in [6.07, 6.45) is 11.6. The first-order valence-electron chi connectivity index (χ1n) is 8.20. The largest absolute Gasteiger partial charge is 1.00 e. The van der Waals surface area contributed by atoms with Crippen LogP contribution < -0.4 is 12.4 Å². The molecule has 0 rings (SSSR count). The second-order valence-electron chi connectivity index (χ2n) is 5.78. The van der Waals surface area contributed by atoms with Crippen molar-refractivity contribution in [3.63, 3.8) is 0 Å². The molecule has 3 heteroatoms. The van der Waals surface area contributed by atoms with Crippen LogP contribution in [-0.2, 0) is 0 Å². The van der Waals surface area contributed by atoms with E-state index in [1.165, 1.54) is 77.4 Å². The molecule has 0 aromatic rings. The Morgan fingerprint density at radius 3 is 1.53 bits per heavy atom. The van der Waals surface area contributed by atoms with Crippen LogP contribution in [0.5, 0.6) is 0 Å². The van der Waals surface area contributed by atoms with E-state index in [9.17, 15) is 5.11 Å². The first-order valence-corrected chi connectivity index (χ1v) is 8.20. The Bertz CT molecular complexity index is 178. The highest BCUT2D eigenvalue weighted by molar-refractivity contribution is 4.47. The number of aliphatic hydroxyl groups is 1. The van der Waals surface area contributed by atoms with Crippen molar-refractivity contribution >= 4 is 0 Å². The number of quaternary nitrogens is 1. The van der Waals surface area contributed by atoms with E-state index in [1.54, 1.807) is 0 Å². The average molecular weight is 294 g/mol. The third kappa shape index (κ3) is 10.6. The topological polar surface area (TPSA) is 20.2 Å². The maximum absolute atomic E-state index is 9.83. The Kier molecular flexibility index (Phi) is 16.5. The zero-order valence-corrected chi connectivity index (χ0v) is 14.2. The fourth-order valence-electron chi connectivity index (χ4n) is 2.61. The molecule has 0 saturated carbocycles. The minimum atomic E-state index is 0. The number of nitrogens with zero attached hydrogens (tertiary/aromatic N) is 1. The van der Waals surface area contributed by atoms with Crippen LogP contribution in [-0.4, -0.2) is 36.0 Å². The normalized spacial score (nSPS) is 13.9. The van der Waals surface area contributed by atoms with Gasteiger partial charge in [0.1, 0.15) is 0 Å². The number of halogens is 1. The predicted molar refractivity (Wildman–Crippen MR) is 80.5 cm³/mol. The van der Waals surface area contributed by atoms with Crippen LogP contribution in [0.4, 0.5) is 0 Å². The molecule has 0 aromatic carbocycles. The molecule has 1 unspecified atom stereocenters.